The highest BCUT2D eigenvalue weighted by Gasteiger charge is 2.01. The van der Waals surface area contributed by atoms with Crippen LogP contribution in [0.25, 0.3) is 0 Å². The van der Waals surface area contributed by atoms with Crippen LogP contribution >= 0.6 is 11.8 Å². The van der Waals surface area contributed by atoms with Crippen LogP contribution in [0.5, 0.6) is 0 Å². The van der Waals surface area contributed by atoms with Crippen LogP contribution in [-0.2, 0) is 12.8 Å². The summed E-state index contributed by atoms with van der Waals surface area (Å²) in [7, 11) is 0. The van der Waals surface area contributed by atoms with Crippen molar-refractivity contribution in [2.75, 3.05) is 31.6 Å². The van der Waals surface area contributed by atoms with Gasteiger partial charge in [-0.05, 0) is 30.5 Å². The van der Waals surface area contributed by atoms with Gasteiger partial charge in [0.25, 0.3) is 0 Å². The standard InChI is InChI=1S/C17H24N4OS/c1-23-14-12-21-17(20-11-8-16-6-4-13-22-16)19-10-7-15-5-2-3-9-18-15/h2-6,9,13H,7-8,10-12,14H2,1H3,(H2,19,20,21). The van der Waals surface area contributed by atoms with Crippen molar-refractivity contribution in [3.63, 3.8) is 0 Å². The monoisotopic (exact) mass is 332 g/mol. The Bertz CT molecular complexity index is 557. The molecule has 0 aliphatic rings. The lowest BCUT2D eigenvalue weighted by Crippen LogP contribution is -2.39. The van der Waals surface area contributed by atoms with Gasteiger partial charge in [0.05, 0.1) is 12.8 Å². The number of aromatic nitrogens is 1. The fourth-order valence-electron chi connectivity index (χ4n) is 2.04. The molecule has 0 saturated carbocycles. The fraction of sp³-hybridized carbons (Fsp3) is 0.412. The first-order chi connectivity index (χ1) is 11.4. The third-order valence-corrected chi connectivity index (χ3v) is 3.80. The van der Waals surface area contributed by atoms with Gasteiger partial charge in [-0.1, -0.05) is 6.07 Å². The molecule has 0 fully saturated rings. The Morgan fingerprint density at radius 2 is 2.04 bits per heavy atom. The van der Waals surface area contributed by atoms with E-state index < -0.39 is 0 Å². The SMILES string of the molecule is CSCCN=C(NCCc1ccccn1)NCCc1ccco1. The number of nitrogens with zero attached hydrogens (tertiary/aromatic N) is 2. The van der Waals surface area contributed by atoms with Crippen LogP contribution in [0.2, 0.25) is 0 Å². The van der Waals surface area contributed by atoms with Gasteiger partial charge < -0.3 is 15.1 Å². The van der Waals surface area contributed by atoms with Gasteiger partial charge >= 0.3 is 0 Å². The Morgan fingerprint density at radius 1 is 1.17 bits per heavy atom. The van der Waals surface area contributed by atoms with E-state index in [1.807, 2.05) is 36.5 Å². The second-order valence-electron chi connectivity index (χ2n) is 4.98. The Morgan fingerprint density at radius 3 is 2.74 bits per heavy atom. The first-order valence-corrected chi connectivity index (χ1v) is 9.21. The van der Waals surface area contributed by atoms with E-state index in [4.69, 9.17) is 4.42 Å². The van der Waals surface area contributed by atoms with Crippen molar-refractivity contribution in [2.24, 2.45) is 4.99 Å². The van der Waals surface area contributed by atoms with Crippen molar-refractivity contribution in [3.8, 4) is 0 Å². The van der Waals surface area contributed by atoms with Gasteiger partial charge in [-0.3, -0.25) is 9.98 Å². The van der Waals surface area contributed by atoms with E-state index in [9.17, 15) is 0 Å². The molecule has 2 N–H and O–H groups in total. The maximum absolute atomic E-state index is 5.34. The Labute approximate surface area is 142 Å². The first-order valence-electron chi connectivity index (χ1n) is 7.82. The molecule has 5 nitrogen and oxygen atoms in total. The van der Waals surface area contributed by atoms with E-state index in [2.05, 4.69) is 26.9 Å². The molecule has 124 valence electrons. The van der Waals surface area contributed by atoms with E-state index in [-0.39, 0.29) is 0 Å². The van der Waals surface area contributed by atoms with E-state index in [0.29, 0.717) is 0 Å². The minimum absolute atomic E-state index is 0.794. The zero-order valence-corrected chi connectivity index (χ0v) is 14.3. The molecule has 0 radical (unpaired) electrons. The molecule has 0 aliphatic carbocycles. The zero-order chi connectivity index (χ0) is 16.2. The molecule has 2 rings (SSSR count). The summed E-state index contributed by atoms with van der Waals surface area (Å²) in [5.74, 6) is 2.85. The second kappa shape index (κ2) is 10.7. The lowest BCUT2D eigenvalue weighted by atomic mass is 10.3. The van der Waals surface area contributed by atoms with Gasteiger partial charge in [-0.25, -0.2) is 0 Å². The number of furan rings is 1. The van der Waals surface area contributed by atoms with Crippen LogP contribution < -0.4 is 10.6 Å². The third kappa shape index (κ3) is 7.23. The predicted molar refractivity (Wildman–Crippen MR) is 97.0 cm³/mol. The van der Waals surface area contributed by atoms with Crippen molar-refractivity contribution in [1.29, 1.82) is 0 Å². The predicted octanol–water partition coefficient (Wildman–Crippen LogP) is 2.36. The minimum Gasteiger partial charge on any atom is -0.469 e. The van der Waals surface area contributed by atoms with Gasteiger partial charge in [0, 0.05) is 43.6 Å². The van der Waals surface area contributed by atoms with Crippen molar-refractivity contribution in [2.45, 2.75) is 12.8 Å². The van der Waals surface area contributed by atoms with Gasteiger partial charge in [-0.2, -0.15) is 11.8 Å². The van der Waals surface area contributed by atoms with Crippen molar-refractivity contribution < 1.29 is 4.42 Å². The molecule has 0 spiro atoms. The quantitative estimate of drug-likeness (QED) is 0.419. The van der Waals surface area contributed by atoms with Crippen LogP contribution in [0, 0.1) is 0 Å². The van der Waals surface area contributed by atoms with E-state index >= 15 is 0 Å². The normalized spacial score (nSPS) is 11.4. The topological polar surface area (TPSA) is 62.5 Å². The Hall–Kier alpha value is -1.95. The summed E-state index contributed by atoms with van der Waals surface area (Å²) in [6, 6.07) is 9.88. The molecule has 2 heterocycles. The lowest BCUT2D eigenvalue weighted by Gasteiger charge is -2.12. The second-order valence-corrected chi connectivity index (χ2v) is 5.96. The number of thioether (sulfide) groups is 1. The number of guanidine groups is 1. The average molecular weight is 332 g/mol. The largest absolute Gasteiger partial charge is 0.469 e. The Balaban J connectivity index is 1.75. The number of nitrogens with one attached hydrogen (secondary N) is 2. The van der Waals surface area contributed by atoms with Crippen molar-refractivity contribution >= 4 is 17.7 Å². The maximum Gasteiger partial charge on any atom is 0.191 e. The first kappa shape index (κ1) is 17.4. The molecule has 0 amide bonds. The van der Waals surface area contributed by atoms with Gasteiger partial charge in [0.15, 0.2) is 5.96 Å². The van der Waals surface area contributed by atoms with Gasteiger partial charge in [0.1, 0.15) is 5.76 Å². The van der Waals surface area contributed by atoms with Crippen molar-refractivity contribution in [3.05, 3.63) is 54.2 Å². The molecule has 0 unspecified atom stereocenters. The highest BCUT2D eigenvalue weighted by atomic mass is 32.2. The molecule has 6 heteroatoms. The molecule has 0 aromatic carbocycles. The summed E-state index contributed by atoms with van der Waals surface area (Å²) in [4.78, 5) is 8.92. The van der Waals surface area contributed by atoms with Crippen LogP contribution in [-0.4, -0.2) is 42.6 Å². The summed E-state index contributed by atoms with van der Waals surface area (Å²) >= 11 is 1.80. The zero-order valence-electron chi connectivity index (χ0n) is 13.5. The highest BCUT2D eigenvalue weighted by Crippen LogP contribution is 1.99. The minimum atomic E-state index is 0.794. The summed E-state index contributed by atoms with van der Waals surface area (Å²) < 4.78 is 5.34. The Kier molecular flexibility index (Phi) is 8.11. The smallest absolute Gasteiger partial charge is 0.191 e. The van der Waals surface area contributed by atoms with Gasteiger partial charge in [0.2, 0.25) is 0 Å². The summed E-state index contributed by atoms with van der Waals surface area (Å²) in [6.45, 7) is 2.41. The van der Waals surface area contributed by atoms with Gasteiger partial charge in [-0.15, -0.1) is 0 Å². The molecule has 0 atom stereocenters. The van der Waals surface area contributed by atoms with Crippen LogP contribution in [0.3, 0.4) is 0 Å². The highest BCUT2D eigenvalue weighted by molar-refractivity contribution is 7.98. The molecule has 2 aromatic heterocycles. The maximum atomic E-state index is 5.34. The van der Waals surface area contributed by atoms with E-state index in [0.717, 1.165) is 55.6 Å². The average Bonchev–Trinajstić information content (AvgIpc) is 3.09. The van der Waals surface area contributed by atoms with Crippen molar-refractivity contribution in [1.82, 2.24) is 15.6 Å². The molecule has 0 bridgehead atoms. The molecule has 2 aromatic rings. The summed E-state index contributed by atoms with van der Waals surface area (Å²) in [5.41, 5.74) is 1.08. The van der Waals surface area contributed by atoms with Crippen LogP contribution in [0.4, 0.5) is 0 Å². The molecule has 23 heavy (non-hydrogen) atoms. The number of aliphatic imine (C=N–C) groups is 1. The summed E-state index contributed by atoms with van der Waals surface area (Å²) in [6.07, 6.45) is 7.34. The molecule has 0 saturated heterocycles. The molecular weight excluding hydrogens is 308 g/mol. The number of pyridine rings is 1. The van der Waals surface area contributed by atoms with E-state index in [1.54, 1.807) is 18.0 Å². The number of hydrogen-bond donors (Lipinski definition) is 2. The lowest BCUT2D eigenvalue weighted by molar-refractivity contribution is 0.507. The molecule has 0 aliphatic heterocycles. The van der Waals surface area contributed by atoms with E-state index in [1.165, 1.54) is 0 Å². The third-order valence-electron chi connectivity index (χ3n) is 3.21. The fourth-order valence-corrected chi connectivity index (χ4v) is 2.31. The molecular formula is C17H24N4OS. The number of hydrogen-bond acceptors (Lipinski definition) is 4. The summed E-state index contributed by atoms with van der Waals surface area (Å²) in [5, 5.41) is 6.72. The number of rotatable bonds is 9. The van der Waals surface area contributed by atoms with Crippen LogP contribution in [0.15, 0.2) is 52.2 Å². The van der Waals surface area contributed by atoms with Crippen LogP contribution in [0.1, 0.15) is 11.5 Å².